The summed E-state index contributed by atoms with van der Waals surface area (Å²) < 4.78 is 3.77. The lowest BCUT2D eigenvalue weighted by Gasteiger charge is -1.95. The molecule has 3 N–H and O–H groups in total. The molecule has 74 valence electrons. The van der Waals surface area contributed by atoms with Crippen molar-refractivity contribution in [1.29, 1.82) is 0 Å². The number of oxime groups is 1. The molecule has 0 radical (unpaired) electrons. The fraction of sp³-hybridized carbons (Fsp3) is 0. The van der Waals surface area contributed by atoms with Crippen molar-refractivity contribution >= 4 is 35.1 Å². The Morgan fingerprint density at radius 2 is 2.50 bits per heavy atom. The Labute approximate surface area is 82.5 Å². The van der Waals surface area contributed by atoms with Crippen LogP contribution in [0.4, 0.5) is 5.69 Å². The van der Waals surface area contributed by atoms with Gasteiger partial charge in [-0.05, 0) is 11.5 Å². The average molecular weight is 214 g/mol. The van der Waals surface area contributed by atoms with Crippen LogP contribution in [-0.2, 0) is 4.79 Å². The molecule has 0 aliphatic heterocycles. The van der Waals surface area contributed by atoms with Crippen molar-refractivity contribution < 1.29 is 15.1 Å². The van der Waals surface area contributed by atoms with Crippen molar-refractivity contribution in [2.24, 2.45) is 10.3 Å². The van der Waals surface area contributed by atoms with Crippen LogP contribution in [-0.4, -0.2) is 32.6 Å². The van der Waals surface area contributed by atoms with Crippen molar-refractivity contribution in [3.63, 3.8) is 0 Å². The maximum Gasteiger partial charge on any atom is 0.358 e. The molecule has 1 aromatic heterocycles. The van der Waals surface area contributed by atoms with Crippen molar-refractivity contribution in [2.45, 2.75) is 0 Å². The Kier molecular flexibility index (Phi) is 3.56. The standard InChI is InChI=1S/C6H6N4O3S/c11-6(12)5(2-7-13)10-9-4-1-8-14-3-4/h1-3,9,13H,(H,11,12)/b7-2+,10-5+. The van der Waals surface area contributed by atoms with E-state index < -0.39 is 11.7 Å². The van der Waals surface area contributed by atoms with E-state index in [1.807, 2.05) is 0 Å². The van der Waals surface area contributed by atoms with E-state index >= 15 is 0 Å². The molecule has 0 fully saturated rings. The number of aliphatic carboxylic acids is 1. The van der Waals surface area contributed by atoms with Crippen LogP contribution in [0.1, 0.15) is 0 Å². The largest absolute Gasteiger partial charge is 0.476 e. The first-order chi connectivity index (χ1) is 6.74. The van der Waals surface area contributed by atoms with Gasteiger partial charge in [0.25, 0.3) is 0 Å². The minimum absolute atomic E-state index is 0.404. The summed E-state index contributed by atoms with van der Waals surface area (Å²) >= 11 is 1.20. The van der Waals surface area contributed by atoms with Gasteiger partial charge in [0.2, 0.25) is 0 Å². The normalized spacial score (nSPS) is 11.9. The molecule has 0 aliphatic carbocycles. The maximum atomic E-state index is 10.5. The van der Waals surface area contributed by atoms with E-state index in [2.05, 4.69) is 20.1 Å². The Morgan fingerprint density at radius 1 is 1.71 bits per heavy atom. The zero-order chi connectivity index (χ0) is 10.4. The number of nitrogens with one attached hydrogen (secondary N) is 1. The molecule has 0 spiro atoms. The van der Waals surface area contributed by atoms with Gasteiger partial charge in [0.05, 0.1) is 11.9 Å². The van der Waals surface area contributed by atoms with E-state index in [1.165, 1.54) is 17.7 Å². The smallest absolute Gasteiger partial charge is 0.358 e. The fourth-order valence-corrected chi connectivity index (χ4v) is 1.03. The second-order valence-electron chi connectivity index (χ2n) is 2.07. The van der Waals surface area contributed by atoms with Gasteiger partial charge in [-0.15, -0.1) is 0 Å². The Balaban J connectivity index is 2.69. The SMILES string of the molecule is O=C(O)C(/C=N/O)=N/Nc1cnsc1. The number of hydrogen-bond acceptors (Lipinski definition) is 7. The lowest BCUT2D eigenvalue weighted by atomic mass is 10.4. The van der Waals surface area contributed by atoms with Gasteiger partial charge in [-0.2, -0.15) is 9.47 Å². The number of aromatic nitrogens is 1. The molecule has 0 unspecified atom stereocenters. The van der Waals surface area contributed by atoms with Crippen LogP contribution in [0.2, 0.25) is 0 Å². The van der Waals surface area contributed by atoms with Crippen LogP contribution in [0, 0.1) is 0 Å². The van der Waals surface area contributed by atoms with Gasteiger partial charge < -0.3 is 10.3 Å². The number of hydrogen-bond donors (Lipinski definition) is 3. The molecule has 14 heavy (non-hydrogen) atoms. The Bertz CT molecular complexity index is 359. The van der Waals surface area contributed by atoms with Gasteiger partial charge >= 0.3 is 5.97 Å². The lowest BCUT2D eigenvalue weighted by molar-refractivity contribution is -0.129. The summed E-state index contributed by atoms with van der Waals surface area (Å²) in [4.78, 5) is 10.5. The first kappa shape index (κ1) is 10.1. The molecule has 1 rings (SSSR count). The molecule has 0 saturated carbocycles. The van der Waals surface area contributed by atoms with Crippen molar-refractivity contribution in [3.05, 3.63) is 11.6 Å². The quantitative estimate of drug-likeness (QED) is 0.383. The highest BCUT2D eigenvalue weighted by atomic mass is 32.1. The molecule has 0 atom stereocenters. The molecule has 1 aromatic rings. The van der Waals surface area contributed by atoms with Gasteiger partial charge in [0, 0.05) is 5.38 Å². The Morgan fingerprint density at radius 3 is 3.00 bits per heavy atom. The topological polar surface area (TPSA) is 107 Å². The zero-order valence-corrected chi connectivity index (χ0v) is 7.60. The highest BCUT2D eigenvalue weighted by Crippen LogP contribution is 2.07. The van der Waals surface area contributed by atoms with E-state index in [4.69, 9.17) is 10.3 Å². The number of nitrogens with zero attached hydrogens (tertiary/aromatic N) is 3. The third-order valence-electron chi connectivity index (χ3n) is 1.14. The second kappa shape index (κ2) is 4.92. The van der Waals surface area contributed by atoms with Gasteiger partial charge in [-0.3, -0.25) is 5.43 Å². The second-order valence-corrected chi connectivity index (χ2v) is 2.73. The van der Waals surface area contributed by atoms with Crippen LogP contribution in [0.3, 0.4) is 0 Å². The number of hydrazone groups is 1. The molecule has 0 aliphatic rings. The van der Waals surface area contributed by atoms with Crippen LogP contribution in [0.15, 0.2) is 21.8 Å². The van der Waals surface area contributed by atoms with E-state index in [9.17, 15) is 4.79 Å². The highest BCUT2D eigenvalue weighted by molar-refractivity contribution is 7.04. The summed E-state index contributed by atoms with van der Waals surface area (Å²) in [5, 5.41) is 24.4. The minimum Gasteiger partial charge on any atom is -0.476 e. The predicted molar refractivity (Wildman–Crippen MR) is 51.1 cm³/mol. The van der Waals surface area contributed by atoms with Gasteiger partial charge in [0.15, 0.2) is 5.71 Å². The zero-order valence-electron chi connectivity index (χ0n) is 6.78. The van der Waals surface area contributed by atoms with E-state index in [0.717, 1.165) is 6.21 Å². The highest BCUT2D eigenvalue weighted by Gasteiger charge is 2.06. The van der Waals surface area contributed by atoms with E-state index in [0.29, 0.717) is 5.69 Å². The summed E-state index contributed by atoms with van der Waals surface area (Å²) in [6.45, 7) is 0. The summed E-state index contributed by atoms with van der Waals surface area (Å²) in [7, 11) is 0. The Hall–Kier alpha value is -1.96. The molecule has 0 saturated heterocycles. The van der Waals surface area contributed by atoms with Crippen molar-refractivity contribution in [2.75, 3.05) is 5.43 Å². The first-order valence-corrected chi connectivity index (χ1v) is 4.21. The molecule has 0 bridgehead atoms. The minimum atomic E-state index is -1.29. The monoisotopic (exact) mass is 214 g/mol. The number of anilines is 1. The first-order valence-electron chi connectivity index (χ1n) is 3.38. The summed E-state index contributed by atoms with van der Waals surface area (Å²) in [5.41, 5.74) is 2.61. The number of rotatable bonds is 4. The molecule has 1 heterocycles. The average Bonchev–Trinajstić information content (AvgIpc) is 2.64. The maximum absolute atomic E-state index is 10.5. The molecule has 0 amide bonds. The molecule has 7 nitrogen and oxygen atoms in total. The molecular formula is C6H6N4O3S. The molecule has 8 heteroatoms. The summed E-state index contributed by atoms with van der Waals surface area (Å²) in [6.07, 6.45) is 2.21. The summed E-state index contributed by atoms with van der Waals surface area (Å²) in [6, 6.07) is 0. The fourth-order valence-electron chi connectivity index (χ4n) is 0.571. The molecular weight excluding hydrogens is 208 g/mol. The van der Waals surface area contributed by atoms with Crippen molar-refractivity contribution in [1.82, 2.24) is 4.37 Å². The van der Waals surface area contributed by atoms with Gasteiger partial charge in [-0.1, -0.05) is 5.16 Å². The van der Waals surface area contributed by atoms with Gasteiger partial charge in [0.1, 0.15) is 6.21 Å². The third-order valence-corrected chi connectivity index (χ3v) is 1.72. The number of carboxylic acids is 1. The van der Waals surface area contributed by atoms with Crippen molar-refractivity contribution in [3.8, 4) is 0 Å². The van der Waals surface area contributed by atoms with E-state index in [-0.39, 0.29) is 0 Å². The summed E-state index contributed by atoms with van der Waals surface area (Å²) in [5.74, 6) is -1.29. The van der Waals surface area contributed by atoms with Crippen LogP contribution < -0.4 is 5.43 Å². The van der Waals surface area contributed by atoms with E-state index in [1.54, 1.807) is 5.38 Å². The predicted octanol–water partition coefficient (Wildman–Crippen LogP) is 0.456. The number of carbonyl (C=O) groups is 1. The number of carboxylic acid groups (broad SMARTS) is 1. The van der Waals surface area contributed by atoms with Gasteiger partial charge in [-0.25, -0.2) is 4.79 Å². The molecule has 0 aromatic carbocycles. The lowest BCUT2D eigenvalue weighted by Crippen LogP contribution is -2.16. The van der Waals surface area contributed by atoms with Crippen LogP contribution in [0.25, 0.3) is 0 Å². The third kappa shape index (κ3) is 2.83. The van der Waals surface area contributed by atoms with Crippen LogP contribution >= 0.6 is 11.5 Å². The van der Waals surface area contributed by atoms with Crippen LogP contribution in [0.5, 0.6) is 0 Å².